The van der Waals surface area contributed by atoms with E-state index in [0.29, 0.717) is 12.8 Å². The normalized spacial score (nSPS) is 22.3. The maximum Gasteiger partial charge on any atom is 0.329 e. The first-order chi connectivity index (χ1) is 16.0. The fourth-order valence-corrected chi connectivity index (χ4v) is 6.02. The van der Waals surface area contributed by atoms with Crippen molar-refractivity contribution < 1.29 is 23.9 Å². The molecule has 2 heterocycles. The maximum absolute atomic E-state index is 13.2. The van der Waals surface area contributed by atoms with Gasteiger partial charge < -0.3 is 4.74 Å². The van der Waals surface area contributed by atoms with Gasteiger partial charge in [-0.1, -0.05) is 48.9 Å². The van der Waals surface area contributed by atoms with Crippen LogP contribution in [0.5, 0.6) is 0 Å². The van der Waals surface area contributed by atoms with E-state index in [1.54, 1.807) is 16.7 Å². The van der Waals surface area contributed by atoms with Gasteiger partial charge in [0.15, 0.2) is 6.61 Å². The first kappa shape index (κ1) is 21.7. The molecule has 2 aromatic rings. The molecule has 1 saturated carbocycles. The molecule has 2 fully saturated rings. The number of hydrogen-bond donors (Lipinski definition) is 0. The third-order valence-corrected chi connectivity index (χ3v) is 7.75. The highest BCUT2D eigenvalue weighted by Gasteiger charge is 2.51. The lowest BCUT2D eigenvalue weighted by molar-refractivity contribution is -0.159. The van der Waals surface area contributed by atoms with E-state index in [4.69, 9.17) is 4.74 Å². The van der Waals surface area contributed by atoms with Crippen LogP contribution < -0.4 is 4.90 Å². The zero-order chi connectivity index (χ0) is 23.1. The highest BCUT2D eigenvalue weighted by atomic mass is 32.2. The summed E-state index contributed by atoms with van der Waals surface area (Å²) in [5.41, 5.74) is 1.45. The standard InChI is InChI=1S/C25H24N2O5S/c1-15(26-23(29)16-8-2-3-9-17(16)24(26)30)25(31)32-14-22(28)27-18-10-4-6-12-20(18)33-21-13-7-5-11-19(21)27/h4-7,10-13,15-17H,2-3,8-9,14H2,1H3. The van der Waals surface area contributed by atoms with Crippen molar-refractivity contribution in [2.24, 2.45) is 11.8 Å². The summed E-state index contributed by atoms with van der Waals surface area (Å²) in [5, 5.41) is 0. The van der Waals surface area contributed by atoms with Crippen molar-refractivity contribution in [3.05, 3.63) is 48.5 Å². The Kier molecular flexibility index (Phi) is 5.70. The molecule has 3 atom stereocenters. The largest absolute Gasteiger partial charge is 0.454 e. The number of likely N-dealkylation sites (tertiary alicyclic amines) is 1. The number of nitrogens with zero attached hydrogens (tertiary/aromatic N) is 2. The third-order valence-electron chi connectivity index (χ3n) is 6.62. The summed E-state index contributed by atoms with van der Waals surface area (Å²) in [5.74, 6) is -2.41. The summed E-state index contributed by atoms with van der Waals surface area (Å²) in [7, 11) is 0. The second-order valence-electron chi connectivity index (χ2n) is 8.59. The van der Waals surface area contributed by atoms with Gasteiger partial charge in [0.1, 0.15) is 6.04 Å². The van der Waals surface area contributed by atoms with Gasteiger partial charge in [-0.15, -0.1) is 0 Å². The van der Waals surface area contributed by atoms with Crippen LogP contribution in [-0.4, -0.2) is 41.2 Å². The van der Waals surface area contributed by atoms with E-state index in [1.807, 2.05) is 48.5 Å². The van der Waals surface area contributed by atoms with Gasteiger partial charge in [-0.05, 0) is 44.0 Å². The van der Waals surface area contributed by atoms with Crippen molar-refractivity contribution in [1.29, 1.82) is 0 Å². The number of rotatable bonds is 4. The number of ether oxygens (including phenoxy) is 1. The Labute approximate surface area is 196 Å². The van der Waals surface area contributed by atoms with Gasteiger partial charge in [0.05, 0.1) is 23.2 Å². The molecule has 170 valence electrons. The SMILES string of the molecule is CC(C(=O)OCC(=O)N1c2ccccc2Sc2ccccc21)N1C(=O)C2CCCCC2C1=O. The molecule has 2 aromatic carbocycles. The van der Waals surface area contributed by atoms with Gasteiger partial charge in [-0.2, -0.15) is 0 Å². The van der Waals surface area contributed by atoms with Crippen LogP contribution >= 0.6 is 11.8 Å². The quantitative estimate of drug-likeness (QED) is 0.504. The monoisotopic (exact) mass is 464 g/mol. The van der Waals surface area contributed by atoms with Crippen molar-refractivity contribution in [3.8, 4) is 0 Å². The van der Waals surface area contributed by atoms with Crippen LogP contribution in [0, 0.1) is 11.8 Å². The summed E-state index contributed by atoms with van der Waals surface area (Å²) in [6, 6.07) is 14.0. The molecule has 3 amide bonds. The number of esters is 1. The number of benzene rings is 2. The Balaban J connectivity index is 1.30. The number of carbonyl (C=O) groups excluding carboxylic acids is 4. The second-order valence-corrected chi connectivity index (χ2v) is 9.68. The van der Waals surface area contributed by atoms with Crippen LogP contribution in [-0.2, 0) is 23.9 Å². The second kappa shape index (κ2) is 8.67. The van der Waals surface area contributed by atoms with Crippen molar-refractivity contribution in [3.63, 3.8) is 0 Å². The van der Waals surface area contributed by atoms with Crippen molar-refractivity contribution in [2.75, 3.05) is 11.5 Å². The average molecular weight is 465 g/mol. The summed E-state index contributed by atoms with van der Waals surface area (Å²) >= 11 is 1.58. The van der Waals surface area contributed by atoms with Crippen LogP contribution in [0.15, 0.2) is 58.3 Å². The first-order valence-electron chi connectivity index (χ1n) is 11.2. The van der Waals surface area contributed by atoms with Gasteiger partial charge in [-0.25, -0.2) is 4.79 Å². The number of anilines is 2. The molecule has 0 spiro atoms. The number of amides is 3. The van der Waals surface area contributed by atoms with Crippen LogP contribution in [0.3, 0.4) is 0 Å². The summed E-state index contributed by atoms with van der Waals surface area (Å²) in [6.45, 7) is 1.00. The smallest absolute Gasteiger partial charge is 0.329 e. The summed E-state index contributed by atoms with van der Waals surface area (Å²) in [4.78, 5) is 56.0. The number of hydrogen-bond acceptors (Lipinski definition) is 6. The molecular weight excluding hydrogens is 440 g/mol. The molecule has 1 saturated heterocycles. The fraction of sp³-hybridized carbons (Fsp3) is 0.360. The Bertz CT molecular complexity index is 1080. The average Bonchev–Trinajstić information content (AvgIpc) is 3.10. The zero-order valence-corrected chi connectivity index (χ0v) is 19.0. The lowest BCUT2D eigenvalue weighted by Crippen LogP contribution is -2.45. The number of imide groups is 1. The number of fused-ring (bicyclic) bond motifs is 3. The molecule has 3 aliphatic rings. The van der Waals surface area contributed by atoms with Crippen LogP contribution in [0.2, 0.25) is 0 Å². The lowest BCUT2D eigenvalue weighted by Gasteiger charge is -2.31. The molecule has 1 aliphatic carbocycles. The Morgan fingerprint density at radius 3 is 2.00 bits per heavy atom. The molecule has 7 nitrogen and oxygen atoms in total. The molecule has 2 aliphatic heterocycles. The molecule has 33 heavy (non-hydrogen) atoms. The predicted octanol–water partition coefficient (Wildman–Crippen LogP) is 3.92. The molecule has 8 heteroatoms. The van der Waals surface area contributed by atoms with Gasteiger partial charge in [0, 0.05) is 9.79 Å². The minimum atomic E-state index is -1.06. The summed E-state index contributed by atoms with van der Waals surface area (Å²) in [6.07, 6.45) is 3.19. The van der Waals surface area contributed by atoms with E-state index in [9.17, 15) is 19.2 Å². The molecular formula is C25H24N2O5S. The van der Waals surface area contributed by atoms with E-state index < -0.39 is 24.5 Å². The fourth-order valence-electron chi connectivity index (χ4n) is 4.97. The Hall–Kier alpha value is -3.13. The molecule has 3 unspecified atom stereocenters. The minimum absolute atomic E-state index is 0.295. The van der Waals surface area contributed by atoms with Crippen LogP contribution in [0.25, 0.3) is 0 Å². The Morgan fingerprint density at radius 1 is 0.939 bits per heavy atom. The van der Waals surface area contributed by atoms with E-state index in [2.05, 4.69) is 0 Å². The van der Waals surface area contributed by atoms with Crippen molar-refractivity contribution in [2.45, 2.75) is 48.4 Å². The van der Waals surface area contributed by atoms with Crippen LogP contribution in [0.4, 0.5) is 11.4 Å². The third kappa shape index (κ3) is 3.72. The maximum atomic E-state index is 13.2. The summed E-state index contributed by atoms with van der Waals surface area (Å²) < 4.78 is 5.33. The highest BCUT2D eigenvalue weighted by Crippen LogP contribution is 2.47. The molecule has 5 rings (SSSR count). The van der Waals surface area contributed by atoms with Gasteiger partial charge in [-0.3, -0.25) is 24.2 Å². The van der Waals surface area contributed by atoms with E-state index in [-0.39, 0.29) is 23.7 Å². The minimum Gasteiger partial charge on any atom is -0.454 e. The first-order valence-corrected chi connectivity index (χ1v) is 12.0. The topological polar surface area (TPSA) is 84.0 Å². The molecule has 0 radical (unpaired) electrons. The van der Waals surface area contributed by atoms with E-state index in [1.165, 1.54) is 6.92 Å². The van der Waals surface area contributed by atoms with Gasteiger partial charge >= 0.3 is 5.97 Å². The molecule has 0 N–H and O–H groups in total. The zero-order valence-electron chi connectivity index (χ0n) is 18.2. The van der Waals surface area contributed by atoms with Gasteiger partial charge in [0.25, 0.3) is 5.91 Å². The lowest BCUT2D eigenvalue weighted by atomic mass is 9.81. The van der Waals surface area contributed by atoms with E-state index in [0.717, 1.165) is 38.9 Å². The van der Waals surface area contributed by atoms with E-state index >= 15 is 0 Å². The van der Waals surface area contributed by atoms with Gasteiger partial charge in [0.2, 0.25) is 11.8 Å². The number of carbonyl (C=O) groups is 4. The van der Waals surface area contributed by atoms with Crippen LogP contribution in [0.1, 0.15) is 32.6 Å². The Morgan fingerprint density at radius 2 is 1.45 bits per heavy atom. The predicted molar refractivity (Wildman–Crippen MR) is 122 cm³/mol. The van der Waals surface area contributed by atoms with Crippen molar-refractivity contribution >= 4 is 46.8 Å². The molecule has 0 bridgehead atoms. The molecule has 0 aromatic heterocycles. The highest BCUT2D eigenvalue weighted by molar-refractivity contribution is 7.99. The van der Waals surface area contributed by atoms with Crippen molar-refractivity contribution in [1.82, 2.24) is 4.90 Å². The number of para-hydroxylation sites is 2.